The van der Waals surface area contributed by atoms with Gasteiger partial charge in [0.05, 0.1) is 12.4 Å². The van der Waals surface area contributed by atoms with Gasteiger partial charge in [0.25, 0.3) is 0 Å². The minimum atomic E-state index is -0.414. The molecule has 2 atom stereocenters. The predicted molar refractivity (Wildman–Crippen MR) is 77.7 cm³/mol. The molecule has 2 heterocycles. The predicted octanol–water partition coefficient (Wildman–Crippen LogP) is 1.13. The number of rotatable bonds is 4. The normalized spacial score (nSPS) is 21.2. The quantitative estimate of drug-likeness (QED) is 0.647. The highest BCUT2D eigenvalue weighted by Crippen LogP contribution is 2.32. The van der Waals surface area contributed by atoms with Gasteiger partial charge in [-0.15, -0.1) is 0 Å². The molecule has 2 unspecified atom stereocenters. The monoisotopic (exact) mass is 307 g/mol. The van der Waals surface area contributed by atoms with E-state index in [-0.39, 0.29) is 28.8 Å². The van der Waals surface area contributed by atoms with Gasteiger partial charge in [-0.05, 0) is 12.3 Å². The summed E-state index contributed by atoms with van der Waals surface area (Å²) in [6, 6.07) is 0.0388. The fraction of sp³-hybridized carbons (Fsp3) is 0.385. The zero-order chi connectivity index (χ0) is 15.0. The van der Waals surface area contributed by atoms with Gasteiger partial charge in [0, 0.05) is 6.42 Å². The van der Waals surface area contributed by atoms with Gasteiger partial charge in [-0.1, -0.05) is 23.8 Å². The first-order valence-corrected chi connectivity index (χ1v) is 6.92. The first kappa shape index (κ1) is 14.0. The second-order valence-electron chi connectivity index (χ2n) is 5.05. The third kappa shape index (κ3) is 2.62. The highest BCUT2D eigenvalue weighted by Gasteiger charge is 2.24. The molecule has 1 aliphatic rings. The van der Waals surface area contributed by atoms with Crippen LogP contribution < -0.4 is 5.73 Å². The minimum Gasteiger partial charge on any atom is -0.389 e. The van der Waals surface area contributed by atoms with E-state index in [1.54, 1.807) is 6.33 Å². The Kier molecular flexibility index (Phi) is 3.60. The van der Waals surface area contributed by atoms with E-state index >= 15 is 0 Å². The van der Waals surface area contributed by atoms with Crippen LogP contribution in [0.3, 0.4) is 0 Å². The molecule has 0 fully saturated rings. The topological polar surface area (TPSA) is 107 Å². The molecule has 1 aliphatic carbocycles. The Hall–Kier alpha value is -1.99. The first-order valence-electron chi connectivity index (χ1n) is 6.55. The molecule has 2 aromatic rings. The average molecular weight is 308 g/mol. The smallest absolute Gasteiger partial charge is 0.223 e. The first-order chi connectivity index (χ1) is 10.1. The largest absolute Gasteiger partial charge is 0.389 e. The summed E-state index contributed by atoms with van der Waals surface area (Å²) < 4.78 is 1.87. The number of aliphatic hydroxyl groups is 1. The molecule has 0 bridgehead atoms. The number of hydrogen-bond donors (Lipinski definition) is 2. The molecule has 110 valence electrons. The van der Waals surface area contributed by atoms with Crippen LogP contribution in [0.1, 0.15) is 18.9 Å². The van der Waals surface area contributed by atoms with Crippen molar-refractivity contribution in [2.75, 3.05) is 12.3 Å². The highest BCUT2D eigenvalue weighted by molar-refractivity contribution is 6.33. The van der Waals surface area contributed by atoms with Gasteiger partial charge in [0.15, 0.2) is 16.6 Å². The third-order valence-electron chi connectivity index (χ3n) is 3.57. The fourth-order valence-corrected chi connectivity index (χ4v) is 2.83. The molecule has 2 aromatic heterocycles. The van der Waals surface area contributed by atoms with Crippen LogP contribution in [0.5, 0.6) is 0 Å². The number of nitrogens with two attached hydrogens (primary N) is 1. The van der Waals surface area contributed by atoms with Gasteiger partial charge in [-0.25, -0.2) is 4.98 Å². The molecule has 8 heteroatoms. The van der Waals surface area contributed by atoms with Crippen LogP contribution in [0.25, 0.3) is 11.2 Å². The van der Waals surface area contributed by atoms with Crippen LogP contribution in [0.4, 0.5) is 5.95 Å². The number of nitrogen functional groups attached to an aromatic ring is 1. The number of aromatic nitrogens is 4. The Labute approximate surface area is 125 Å². The second-order valence-corrected chi connectivity index (χ2v) is 5.40. The number of Topliss-reactive ketones (excluding diaryl/α,β-unsaturated/α-hetero) is 1. The Bertz CT molecular complexity index is 727. The maximum atomic E-state index is 11.3. The number of anilines is 1. The number of carbonyl (C=O) groups is 1. The number of halogens is 1. The maximum absolute atomic E-state index is 11.3. The fourth-order valence-electron chi connectivity index (χ4n) is 2.61. The van der Waals surface area contributed by atoms with E-state index in [1.165, 1.54) is 0 Å². The van der Waals surface area contributed by atoms with E-state index in [1.807, 2.05) is 16.7 Å². The molecule has 0 saturated heterocycles. The molecule has 7 nitrogen and oxygen atoms in total. The summed E-state index contributed by atoms with van der Waals surface area (Å²) in [6.07, 6.45) is 6.72. The number of ketones is 1. The maximum Gasteiger partial charge on any atom is 0.223 e. The van der Waals surface area contributed by atoms with Crippen molar-refractivity contribution in [2.45, 2.75) is 18.9 Å². The summed E-state index contributed by atoms with van der Waals surface area (Å²) in [5, 5.41) is 9.04. The van der Waals surface area contributed by atoms with Crippen molar-refractivity contribution < 1.29 is 9.90 Å². The van der Waals surface area contributed by atoms with E-state index in [0.29, 0.717) is 17.6 Å². The SMILES string of the molecule is Nc1nc(Cl)c2ncn(C3C=CC(CC(=O)CO)C3)c2n1. The van der Waals surface area contributed by atoms with Crippen LogP contribution in [0.2, 0.25) is 5.15 Å². The van der Waals surface area contributed by atoms with E-state index in [4.69, 9.17) is 22.4 Å². The number of aliphatic hydroxyl groups excluding tert-OH is 1. The number of allylic oxidation sites excluding steroid dienone is 2. The lowest BCUT2D eigenvalue weighted by Crippen LogP contribution is -2.11. The molecule has 3 N–H and O–H groups in total. The Morgan fingerprint density at radius 3 is 3.05 bits per heavy atom. The summed E-state index contributed by atoms with van der Waals surface area (Å²) >= 11 is 6.00. The van der Waals surface area contributed by atoms with Crippen molar-refractivity contribution in [3.8, 4) is 0 Å². The number of fused-ring (bicyclic) bond motifs is 1. The molecular weight excluding hydrogens is 294 g/mol. The standard InChI is InChI=1S/C13H14ClN5O2/c14-11-10-12(18-13(15)17-11)19(6-16-10)8-2-1-7(3-8)4-9(21)5-20/h1-2,6-8,20H,3-5H2,(H2,15,17,18). The third-order valence-corrected chi connectivity index (χ3v) is 3.83. The van der Waals surface area contributed by atoms with Crippen molar-refractivity contribution in [2.24, 2.45) is 5.92 Å². The molecule has 0 aromatic carbocycles. The van der Waals surface area contributed by atoms with E-state index < -0.39 is 6.61 Å². The van der Waals surface area contributed by atoms with Crippen LogP contribution in [-0.2, 0) is 4.79 Å². The number of carbonyl (C=O) groups excluding carboxylic acids is 1. The summed E-state index contributed by atoms with van der Waals surface area (Å²) in [6.45, 7) is -0.414. The van der Waals surface area contributed by atoms with Crippen LogP contribution in [0.15, 0.2) is 18.5 Å². The van der Waals surface area contributed by atoms with Crippen molar-refractivity contribution in [1.82, 2.24) is 19.5 Å². The lowest BCUT2D eigenvalue weighted by Gasteiger charge is -2.13. The van der Waals surface area contributed by atoms with Gasteiger partial charge in [-0.2, -0.15) is 9.97 Å². The number of nitrogens with zero attached hydrogens (tertiary/aromatic N) is 4. The average Bonchev–Trinajstić information content (AvgIpc) is 3.04. The van der Waals surface area contributed by atoms with Crippen LogP contribution >= 0.6 is 11.6 Å². The van der Waals surface area contributed by atoms with Gasteiger partial charge in [0.2, 0.25) is 5.95 Å². The van der Waals surface area contributed by atoms with Crippen molar-refractivity contribution >= 4 is 34.5 Å². The van der Waals surface area contributed by atoms with Gasteiger partial charge < -0.3 is 15.4 Å². The molecule has 0 aliphatic heterocycles. The molecule has 0 spiro atoms. The minimum absolute atomic E-state index is 0.0388. The molecule has 0 saturated carbocycles. The summed E-state index contributed by atoms with van der Waals surface area (Å²) in [4.78, 5) is 23.6. The second kappa shape index (κ2) is 5.42. The van der Waals surface area contributed by atoms with E-state index in [9.17, 15) is 4.79 Å². The van der Waals surface area contributed by atoms with Crippen molar-refractivity contribution in [3.05, 3.63) is 23.6 Å². The molecule has 0 amide bonds. The molecule has 3 rings (SSSR count). The Morgan fingerprint density at radius 1 is 1.48 bits per heavy atom. The number of imidazole rings is 1. The Morgan fingerprint density at radius 2 is 2.29 bits per heavy atom. The summed E-state index contributed by atoms with van der Waals surface area (Å²) in [5.74, 6) is 0.0559. The van der Waals surface area contributed by atoms with E-state index in [0.717, 1.165) is 6.42 Å². The van der Waals surface area contributed by atoms with Gasteiger partial charge in [-0.3, -0.25) is 4.79 Å². The van der Waals surface area contributed by atoms with E-state index in [2.05, 4.69) is 15.0 Å². The molecule has 0 radical (unpaired) electrons. The summed E-state index contributed by atoms with van der Waals surface area (Å²) in [7, 11) is 0. The lowest BCUT2D eigenvalue weighted by molar-refractivity contribution is -0.122. The zero-order valence-electron chi connectivity index (χ0n) is 11.1. The van der Waals surface area contributed by atoms with Crippen LogP contribution in [-0.4, -0.2) is 37.0 Å². The molecular formula is C13H14ClN5O2. The number of hydrogen-bond acceptors (Lipinski definition) is 6. The van der Waals surface area contributed by atoms with Crippen molar-refractivity contribution in [1.29, 1.82) is 0 Å². The highest BCUT2D eigenvalue weighted by atomic mass is 35.5. The molecule has 21 heavy (non-hydrogen) atoms. The van der Waals surface area contributed by atoms with Gasteiger partial charge >= 0.3 is 0 Å². The lowest BCUT2D eigenvalue weighted by atomic mass is 10.0. The van der Waals surface area contributed by atoms with Gasteiger partial charge in [0.1, 0.15) is 12.1 Å². The Balaban J connectivity index is 1.86. The summed E-state index contributed by atoms with van der Waals surface area (Å²) in [5.41, 5.74) is 6.71. The van der Waals surface area contributed by atoms with Crippen molar-refractivity contribution in [3.63, 3.8) is 0 Å². The zero-order valence-corrected chi connectivity index (χ0v) is 11.9. The van der Waals surface area contributed by atoms with Crippen LogP contribution in [0, 0.1) is 5.92 Å².